The van der Waals surface area contributed by atoms with Crippen LogP contribution in [0.1, 0.15) is 16.5 Å². The molecule has 2 rings (SSSR count). The van der Waals surface area contributed by atoms with Crippen LogP contribution in [0.3, 0.4) is 0 Å². The van der Waals surface area contributed by atoms with Crippen molar-refractivity contribution >= 4 is 34.5 Å². The topological polar surface area (TPSA) is 38.7 Å². The third-order valence-corrected chi connectivity index (χ3v) is 4.36. The van der Waals surface area contributed by atoms with Gasteiger partial charge >= 0.3 is 0 Å². The van der Waals surface area contributed by atoms with Gasteiger partial charge < -0.3 is 14.6 Å². The Labute approximate surface area is 125 Å². The molecule has 6 heteroatoms. The zero-order valence-corrected chi connectivity index (χ0v) is 12.6. The van der Waals surface area contributed by atoms with E-state index in [0.29, 0.717) is 32.0 Å². The molecular weight excluding hydrogens is 307 g/mol. The van der Waals surface area contributed by atoms with Crippen molar-refractivity contribution in [2.45, 2.75) is 6.10 Å². The van der Waals surface area contributed by atoms with E-state index in [4.69, 9.17) is 32.7 Å². The first-order valence-corrected chi connectivity index (χ1v) is 7.04. The van der Waals surface area contributed by atoms with E-state index in [1.54, 1.807) is 18.2 Å². The van der Waals surface area contributed by atoms with E-state index < -0.39 is 6.10 Å². The molecule has 19 heavy (non-hydrogen) atoms. The lowest BCUT2D eigenvalue weighted by molar-refractivity contribution is 0.223. The van der Waals surface area contributed by atoms with E-state index in [2.05, 4.69) is 0 Å². The highest BCUT2D eigenvalue weighted by atomic mass is 35.5. The lowest BCUT2D eigenvalue weighted by Gasteiger charge is -2.15. The van der Waals surface area contributed by atoms with Crippen molar-refractivity contribution in [2.24, 2.45) is 0 Å². The van der Waals surface area contributed by atoms with Crippen LogP contribution in [-0.4, -0.2) is 19.3 Å². The number of methoxy groups -OCH3 is 2. The highest BCUT2D eigenvalue weighted by Crippen LogP contribution is 2.40. The van der Waals surface area contributed by atoms with E-state index in [1.165, 1.54) is 25.6 Å². The third kappa shape index (κ3) is 2.82. The summed E-state index contributed by atoms with van der Waals surface area (Å²) in [6, 6.07) is 5.07. The van der Waals surface area contributed by atoms with Gasteiger partial charge in [0.25, 0.3) is 0 Å². The Balaban J connectivity index is 2.46. The van der Waals surface area contributed by atoms with Gasteiger partial charge in [0.2, 0.25) is 0 Å². The summed E-state index contributed by atoms with van der Waals surface area (Å²) in [7, 11) is 3.03. The fraction of sp³-hybridized carbons (Fsp3) is 0.231. The second-order valence-electron chi connectivity index (χ2n) is 3.77. The molecule has 0 aliphatic carbocycles. The number of halogens is 2. The summed E-state index contributed by atoms with van der Waals surface area (Å²) in [5.74, 6) is 0.911. The number of rotatable bonds is 4. The van der Waals surface area contributed by atoms with Gasteiger partial charge in [0.1, 0.15) is 6.10 Å². The van der Waals surface area contributed by atoms with Crippen molar-refractivity contribution in [1.29, 1.82) is 0 Å². The molecule has 3 nitrogen and oxygen atoms in total. The first-order valence-electron chi connectivity index (χ1n) is 5.40. The Kier molecular flexibility index (Phi) is 4.58. The van der Waals surface area contributed by atoms with Crippen molar-refractivity contribution in [3.63, 3.8) is 0 Å². The molecule has 1 N–H and O–H groups in total. The summed E-state index contributed by atoms with van der Waals surface area (Å²) in [6.07, 6.45) is -0.843. The maximum atomic E-state index is 10.3. The molecular formula is C13H12Cl2O3S. The number of aliphatic hydroxyl groups excluding tert-OH is 1. The van der Waals surface area contributed by atoms with E-state index in [-0.39, 0.29) is 0 Å². The van der Waals surface area contributed by atoms with Gasteiger partial charge in [-0.1, -0.05) is 23.2 Å². The minimum Gasteiger partial charge on any atom is -0.493 e. The highest BCUT2D eigenvalue weighted by Gasteiger charge is 2.19. The average molecular weight is 319 g/mol. The van der Waals surface area contributed by atoms with Crippen LogP contribution in [-0.2, 0) is 0 Å². The third-order valence-electron chi connectivity index (χ3n) is 2.66. The number of ether oxygens (including phenoxy) is 2. The van der Waals surface area contributed by atoms with Crippen LogP contribution in [0.5, 0.6) is 11.5 Å². The molecule has 1 atom stereocenters. The fourth-order valence-electron chi connectivity index (χ4n) is 1.75. The maximum Gasteiger partial charge on any atom is 0.179 e. The number of hydrogen-bond acceptors (Lipinski definition) is 4. The summed E-state index contributed by atoms with van der Waals surface area (Å²) in [5.41, 5.74) is 0.604. The number of benzene rings is 1. The Morgan fingerprint density at radius 3 is 2.42 bits per heavy atom. The van der Waals surface area contributed by atoms with E-state index in [1.807, 2.05) is 5.38 Å². The molecule has 1 aromatic carbocycles. The Hall–Kier alpha value is -0.940. The van der Waals surface area contributed by atoms with Crippen LogP contribution in [0, 0.1) is 0 Å². The minimum absolute atomic E-state index is 0.378. The summed E-state index contributed by atoms with van der Waals surface area (Å²) >= 11 is 13.5. The van der Waals surface area contributed by atoms with Crippen molar-refractivity contribution < 1.29 is 14.6 Å². The molecule has 0 fully saturated rings. The number of hydrogen-bond donors (Lipinski definition) is 1. The minimum atomic E-state index is -0.843. The van der Waals surface area contributed by atoms with Gasteiger partial charge in [-0.2, -0.15) is 0 Å². The average Bonchev–Trinajstić information content (AvgIpc) is 2.83. The van der Waals surface area contributed by atoms with Crippen LogP contribution in [0.15, 0.2) is 23.6 Å². The molecule has 0 amide bonds. The largest absolute Gasteiger partial charge is 0.493 e. The van der Waals surface area contributed by atoms with Gasteiger partial charge in [-0.05, 0) is 29.1 Å². The molecule has 0 saturated heterocycles. The Morgan fingerprint density at radius 2 is 1.89 bits per heavy atom. The first kappa shape index (κ1) is 14.5. The number of thiophene rings is 1. The predicted molar refractivity (Wildman–Crippen MR) is 77.9 cm³/mol. The lowest BCUT2D eigenvalue weighted by atomic mass is 10.1. The van der Waals surface area contributed by atoms with Gasteiger partial charge in [0.05, 0.1) is 29.1 Å². The quantitative estimate of drug-likeness (QED) is 0.920. The van der Waals surface area contributed by atoms with E-state index in [0.717, 1.165) is 0 Å². The lowest BCUT2D eigenvalue weighted by Crippen LogP contribution is -2.00. The van der Waals surface area contributed by atoms with Gasteiger partial charge in [0.15, 0.2) is 11.5 Å². The zero-order chi connectivity index (χ0) is 14.0. The second kappa shape index (κ2) is 6.01. The Bertz CT molecular complexity index is 583. The maximum absolute atomic E-state index is 10.3. The van der Waals surface area contributed by atoms with Crippen LogP contribution in [0.2, 0.25) is 10.0 Å². The molecule has 0 aliphatic heterocycles. The van der Waals surface area contributed by atoms with Crippen molar-refractivity contribution in [3.05, 3.63) is 44.1 Å². The zero-order valence-electron chi connectivity index (χ0n) is 10.3. The van der Waals surface area contributed by atoms with Crippen LogP contribution < -0.4 is 9.47 Å². The van der Waals surface area contributed by atoms with Crippen LogP contribution in [0.25, 0.3) is 0 Å². The standard InChI is InChI=1S/C13H12Cl2O3S/c1-17-10-6-7(5-9(15)12(10)18-2)11(16)13-8(14)3-4-19-13/h3-6,11,16H,1-2H3. The monoisotopic (exact) mass is 318 g/mol. The second-order valence-corrected chi connectivity index (χ2v) is 5.54. The smallest absolute Gasteiger partial charge is 0.179 e. The van der Waals surface area contributed by atoms with E-state index in [9.17, 15) is 5.11 Å². The van der Waals surface area contributed by atoms with Crippen LogP contribution >= 0.6 is 34.5 Å². The molecule has 0 spiro atoms. The Morgan fingerprint density at radius 1 is 1.16 bits per heavy atom. The van der Waals surface area contributed by atoms with Crippen molar-refractivity contribution in [1.82, 2.24) is 0 Å². The summed E-state index contributed by atoms with van der Waals surface area (Å²) in [6.45, 7) is 0. The fourth-order valence-corrected chi connectivity index (χ4v) is 3.21. The summed E-state index contributed by atoms with van der Waals surface area (Å²) in [5, 5.41) is 13.1. The van der Waals surface area contributed by atoms with Crippen molar-refractivity contribution in [2.75, 3.05) is 14.2 Å². The van der Waals surface area contributed by atoms with Gasteiger partial charge in [0, 0.05) is 0 Å². The van der Waals surface area contributed by atoms with Gasteiger partial charge in [-0.15, -0.1) is 11.3 Å². The molecule has 1 heterocycles. The molecule has 0 radical (unpaired) electrons. The first-order chi connectivity index (χ1) is 9.08. The molecule has 2 aromatic rings. The van der Waals surface area contributed by atoms with Crippen molar-refractivity contribution in [3.8, 4) is 11.5 Å². The highest BCUT2D eigenvalue weighted by molar-refractivity contribution is 7.10. The predicted octanol–water partition coefficient (Wildman–Crippen LogP) is 4.15. The molecule has 1 unspecified atom stereocenters. The van der Waals surface area contributed by atoms with Gasteiger partial charge in [-0.3, -0.25) is 0 Å². The molecule has 0 bridgehead atoms. The van der Waals surface area contributed by atoms with Gasteiger partial charge in [-0.25, -0.2) is 0 Å². The molecule has 1 aromatic heterocycles. The van der Waals surface area contributed by atoms with E-state index >= 15 is 0 Å². The van der Waals surface area contributed by atoms with Crippen LogP contribution in [0.4, 0.5) is 0 Å². The normalized spacial score (nSPS) is 12.3. The molecule has 102 valence electrons. The molecule has 0 saturated carbocycles. The molecule has 0 aliphatic rings. The number of aliphatic hydroxyl groups is 1. The summed E-state index contributed by atoms with van der Waals surface area (Å²) < 4.78 is 10.4. The summed E-state index contributed by atoms with van der Waals surface area (Å²) in [4.78, 5) is 0.671. The SMILES string of the molecule is COc1cc(C(O)c2sccc2Cl)cc(Cl)c1OC.